The average molecular weight is 402 g/mol. The minimum absolute atomic E-state index is 0. The third-order valence-corrected chi connectivity index (χ3v) is 5.61. The van der Waals surface area contributed by atoms with E-state index >= 15 is 0 Å². The van der Waals surface area contributed by atoms with Crippen LogP contribution in [0.25, 0.3) is 0 Å². The van der Waals surface area contributed by atoms with E-state index < -0.39 is 0 Å². The van der Waals surface area contributed by atoms with Crippen molar-refractivity contribution in [2.45, 2.75) is 45.4 Å². The summed E-state index contributed by atoms with van der Waals surface area (Å²) >= 11 is 0. The van der Waals surface area contributed by atoms with Crippen LogP contribution in [0, 0.1) is 12.8 Å². The number of hydrogen-bond donors (Lipinski definition) is 1. The van der Waals surface area contributed by atoms with Crippen molar-refractivity contribution in [3.05, 3.63) is 29.3 Å². The third-order valence-electron chi connectivity index (χ3n) is 5.61. The summed E-state index contributed by atoms with van der Waals surface area (Å²) in [4.78, 5) is 17.5. The highest BCUT2D eigenvalue weighted by Crippen LogP contribution is 2.25. The van der Waals surface area contributed by atoms with Gasteiger partial charge in [0.15, 0.2) is 0 Å². The van der Waals surface area contributed by atoms with Crippen LogP contribution in [-0.4, -0.2) is 48.4 Å². The number of rotatable bonds is 3. The maximum absolute atomic E-state index is 12.9. The number of hydrogen-bond acceptors (Lipinski definition) is 3. The lowest BCUT2D eigenvalue weighted by molar-refractivity contribution is 0.0759. The molecule has 0 atom stereocenters. The minimum atomic E-state index is 0. The number of amides is 1. The van der Waals surface area contributed by atoms with E-state index in [0.29, 0.717) is 5.69 Å². The van der Waals surface area contributed by atoms with Crippen LogP contribution in [0.3, 0.4) is 0 Å². The molecule has 2 fully saturated rings. The summed E-state index contributed by atoms with van der Waals surface area (Å²) in [5.74, 6) is 1.01. The largest absolute Gasteiger partial charge is 0.399 e. The van der Waals surface area contributed by atoms with E-state index in [1.807, 2.05) is 30.0 Å². The van der Waals surface area contributed by atoms with Gasteiger partial charge in [-0.1, -0.05) is 25.3 Å². The molecule has 1 saturated carbocycles. The maximum atomic E-state index is 12.9. The summed E-state index contributed by atoms with van der Waals surface area (Å²) < 4.78 is 0. The summed E-state index contributed by atoms with van der Waals surface area (Å²) in [7, 11) is 0. The van der Waals surface area contributed by atoms with E-state index in [1.54, 1.807) is 0 Å². The van der Waals surface area contributed by atoms with Crippen LogP contribution in [0.1, 0.15) is 54.4 Å². The highest BCUT2D eigenvalue weighted by atomic mass is 35.5. The van der Waals surface area contributed by atoms with Crippen LogP contribution in [0.5, 0.6) is 0 Å². The number of aryl methyl sites for hydroxylation is 1. The lowest BCUT2D eigenvalue weighted by atomic mass is 9.89. The molecule has 1 aromatic carbocycles. The number of halogens is 2. The van der Waals surface area contributed by atoms with E-state index in [4.69, 9.17) is 5.73 Å². The molecule has 0 spiro atoms. The molecule has 1 heterocycles. The van der Waals surface area contributed by atoms with E-state index in [9.17, 15) is 4.79 Å². The zero-order chi connectivity index (χ0) is 16.9. The molecule has 0 radical (unpaired) electrons. The summed E-state index contributed by atoms with van der Waals surface area (Å²) in [5.41, 5.74) is 8.31. The van der Waals surface area contributed by atoms with E-state index in [0.717, 1.165) is 49.6 Å². The lowest BCUT2D eigenvalue weighted by Gasteiger charge is -2.29. The number of benzene rings is 1. The topological polar surface area (TPSA) is 49.6 Å². The Kier molecular flexibility index (Phi) is 9.77. The van der Waals surface area contributed by atoms with Gasteiger partial charge in [-0.15, -0.1) is 24.8 Å². The van der Waals surface area contributed by atoms with Gasteiger partial charge in [0.05, 0.1) is 0 Å². The van der Waals surface area contributed by atoms with Gasteiger partial charge in [0.1, 0.15) is 0 Å². The fourth-order valence-electron chi connectivity index (χ4n) is 4.13. The Hall–Kier alpha value is -0.970. The molecule has 0 aromatic heterocycles. The van der Waals surface area contributed by atoms with Crippen LogP contribution in [-0.2, 0) is 0 Å². The first-order valence-corrected chi connectivity index (χ1v) is 9.51. The summed E-state index contributed by atoms with van der Waals surface area (Å²) in [6.07, 6.45) is 8.07. The van der Waals surface area contributed by atoms with Gasteiger partial charge in [-0.2, -0.15) is 0 Å². The summed E-state index contributed by atoms with van der Waals surface area (Å²) in [5, 5.41) is 0. The van der Waals surface area contributed by atoms with Crippen molar-refractivity contribution < 1.29 is 4.79 Å². The van der Waals surface area contributed by atoms with Crippen molar-refractivity contribution >= 4 is 36.4 Å². The predicted octanol–water partition coefficient (Wildman–Crippen LogP) is 4.15. The molecule has 1 aliphatic carbocycles. The standard InChI is InChI=1S/C20H31N3O.2ClH/c1-16-8-9-18(21)14-19(16)20(24)23-11-5-10-22(12-13-23)15-17-6-3-2-4-7-17;;/h8-9,14,17H,2-7,10-13,15,21H2,1H3;2*1H. The van der Waals surface area contributed by atoms with E-state index in [2.05, 4.69) is 4.90 Å². The van der Waals surface area contributed by atoms with Gasteiger partial charge in [-0.25, -0.2) is 0 Å². The molecule has 1 saturated heterocycles. The molecule has 3 rings (SSSR count). The highest BCUT2D eigenvalue weighted by molar-refractivity contribution is 5.96. The zero-order valence-electron chi connectivity index (χ0n) is 15.8. The molecule has 4 nitrogen and oxygen atoms in total. The van der Waals surface area contributed by atoms with Gasteiger partial charge >= 0.3 is 0 Å². The number of nitrogens with two attached hydrogens (primary N) is 1. The van der Waals surface area contributed by atoms with Crippen LogP contribution in [0.4, 0.5) is 5.69 Å². The predicted molar refractivity (Wildman–Crippen MR) is 114 cm³/mol. The molecule has 148 valence electrons. The minimum Gasteiger partial charge on any atom is -0.399 e. The second-order valence-electron chi connectivity index (χ2n) is 7.52. The monoisotopic (exact) mass is 401 g/mol. The Morgan fingerprint density at radius 2 is 1.77 bits per heavy atom. The van der Waals surface area contributed by atoms with Crippen molar-refractivity contribution in [3.63, 3.8) is 0 Å². The van der Waals surface area contributed by atoms with Crippen molar-refractivity contribution in [3.8, 4) is 0 Å². The summed E-state index contributed by atoms with van der Waals surface area (Å²) in [6, 6.07) is 5.62. The quantitative estimate of drug-likeness (QED) is 0.773. The number of carbonyl (C=O) groups is 1. The number of nitrogens with zero attached hydrogens (tertiary/aromatic N) is 2. The van der Waals surface area contributed by atoms with Gasteiger partial charge < -0.3 is 15.5 Å². The zero-order valence-corrected chi connectivity index (χ0v) is 17.4. The first-order chi connectivity index (χ1) is 11.6. The number of anilines is 1. The number of carbonyl (C=O) groups excluding carboxylic acids is 1. The average Bonchev–Trinajstić information content (AvgIpc) is 2.83. The van der Waals surface area contributed by atoms with Crippen LogP contribution < -0.4 is 5.73 Å². The molecule has 2 aliphatic rings. The Labute approximate surface area is 170 Å². The van der Waals surface area contributed by atoms with Crippen molar-refractivity contribution in [2.75, 3.05) is 38.5 Å². The molecule has 1 amide bonds. The van der Waals surface area contributed by atoms with Gasteiger partial charge in [0.2, 0.25) is 0 Å². The maximum Gasteiger partial charge on any atom is 0.254 e. The van der Waals surface area contributed by atoms with Gasteiger partial charge in [0, 0.05) is 37.4 Å². The first-order valence-electron chi connectivity index (χ1n) is 9.51. The van der Waals surface area contributed by atoms with Crippen LogP contribution in [0.15, 0.2) is 18.2 Å². The van der Waals surface area contributed by atoms with Crippen molar-refractivity contribution in [2.24, 2.45) is 5.92 Å². The fourth-order valence-corrected chi connectivity index (χ4v) is 4.13. The molecule has 0 unspecified atom stereocenters. The second-order valence-corrected chi connectivity index (χ2v) is 7.52. The molecule has 1 aliphatic heterocycles. The molecule has 1 aromatic rings. The lowest BCUT2D eigenvalue weighted by Crippen LogP contribution is -2.37. The van der Waals surface area contributed by atoms with Crippen molar-refractivity contribution in [1.29, 1.82) is 0 Å². The highest BCUT2D eigenvalue weighted by Gasteiger charge is 2.23. The Morgan fingerprint density at radius 3 is 2.50 bits per heavy atom. The molecular formula is C20H33Cl2N3O. The Morgan fingerprint density at radius 1 is 1.04 bits per heavy atom. The van der Waals surface area contributed by atoms with E-state index in [-0.39, 0.29) is 30.7 Å². The van der Waals surface area contributed by atoms with Gasteiger partial charge in [-0.3, -0.25) is 4.79 Å². The summed E-state index contributed by atoms with van der Waals surface area (Å²) in [6.45, 7) is 7.02. The molecule has 26 heavy (non-hydrogen) atoms. The fraction of sp³-hybridized carbons (Fsp3) is 0.650. The van der Waals surface area contributed by atoms with E-state index in [1.165, 1.54) is 38.6 Å². The Bertz CT molecular complexity index is 576. The van der Waals surface area contributed by atoms with Crippen molar-refractivity contribution in [1.82, 2.24) is 9.80 Å². The Balaban J connectivity index is 0.00000169. The molecular weight excluding hydrogens is 369 g/mol. The first kappa shape index (κ1) is 23.1. The number of nitrogen functional groups attached to an aromatic ring is 1. The van der Waals surface area contributed by atoms with Crippen LogP contribution >= 0.6 is 24.8 Å². The molecule has 0 bridgehead atoms. The molecule has 6 heteroatoms. The smallest absolute Gasteiger partial charge is 0.254 e. The van der Waals surface area contributed by atoms with Gasteiger partial charge in [0.25, 0.3) is 5.91 Å². The SMILES string of the molecule is Cc1ccc(N)cc1C(=O)N1CCCN(CC2CCCCC2)CC1.Cl.Cl. The van der Waals surface area contributed by atoms with Gasteiger partial charge in [-0.05, 0) is 56.3 Å². The normalized spacial score (nSPS) is 19.2. The molecule has 2 N–H and O–H groups in total. The van der Waals surface area contributed by atoms with Crippen LogP contribution in [0.2, 0.25) is 0 Å². The second kappa shape index (κ2) is 11.0. The third kappa shape index (κ3) is 6.04.